The van der Waals surface area contributed by atoms with Crippen LogP contribution in [0.25, 0.3) is 0 Å². The second-order valence-corrected chi connectivity index (χ2v) is 8.47. The Balaban J connectivity index is 1.51. The van der Waals surface area contributed by atoms with Gasteiger partial charge in [0.15, 0.2) is 0 Å². The predicted molar refractivity (Wildman–Crippen MR) is 89.5 cm³/mol. The molecule has 2 atom stereocenters. The Morgan fingerprint density at radius 3 is 2.60 bits per heavy atom. The van der Waals surface area contributed by atoms with Gasteiger partial charge in [0.05, 0.1) is 0 Å². The maximum atomic E-state index is 3.87. The quantitative estimate of drug-likeness (QED) is 0.858. The molecule has 2 heterocycles. The molecule has 0 spiro atoms. The van der Waals surface area contributed by atoms with Gasteiger partial charge < -0.3 is 10.2 Å². The largest absolute Gasteiger partial charge is 0.312 e. The third-order valence-electron chi connectivity index (χ3n) is 5.47. The van der Waals surface area contributed by atoms with Crippen molar-refractivity contribution in [3.63, 3.8) is 0 Å². The Kier molecular flexibility index (Phi) is 6.11. The molecule has 20 heavy (non-hydrogen) atoms. The zero-order chi connectivity index (χ0) is 13.6. The van der Waals surface area contributed by atoms with Crippen LogP contribution in [0.3, 0.4) is 0 Å². The summed E-state index contributed by atoms with van der Waals surface area (Å²) in [5.41, 5.74) is 0. The van der Waals surface area contributed by atoms with Crippen molar-refractivity contribution < 1.29 is 0 Å². The molecule has 0 aromatic carbocycles. The molecule has 3 rings (SSSR count). The molecular weight excluding hydrogens is 264 g/mol. The Morgan fingerprint density at radius 1 is 0.950 bits per heavy atom. The van der Waals surface area contributed by atoms with Crippen molar-refractivity contribution >= 4 is 11.8 Å². The van der Waals surface area contributed by atoms with E-state index in [1.165, 1.54) is 89.7 Å². The minimum absolute atomic E-state index is 0.784. The summed E-state index contributed by atoms with van der Waals surface area (Å²) in [6.45, 7) is 5.25. The van der Waals surface area contributed by atoms with Crippen molar-refractivity contribution in [2.24, 2.45) is 5.92 Å². The lowest BCUT2D eigenvalue weighted by Gasteiger charge is -2.34. The highest BCUT2D eigenvalue weighted by Gasteiger charge is 2.28. The Bertz CT molecular complexity index is 272. The number of hydrogen-bond acceptors (Lipinski definition) is 3. The summed E-state index contributed by atoms with van der Waals surface area (Å²) in [4.78, 5) is 2.79. The second-order valence-electron chi connectivity index (χ2n) is 7.06. The molecule has 0 amide bonds. The van der Waals surface area contributed by atoms with Crippen molar-refractivity contribution in [2.45, 2.75) is 69.1 Å². The molecule has 0 aromatic rings. The molecular formula is C17H32N2S. The van der Waals surface area contributed by atoms with E-state index in [1.807, 2.05) is 0 Å². The van der Waals surface area contributed by atoms with E-state index < -0.39 is 0 Å². The molecule has 3 heteroatoms. The van der Waals surface area contributed by atoms with E-state index in [0.29, 0.717) is 0 Å². The molecule has 0 bridgehead atoms. The monoisotopic (exact) mass is 296 g/mol. The minimum atomic E-state index is 0.784. The molecule has 3 fully saturated rings. The van der Waals surface area contributed by atoms with Gasteiger partial charge in [0, 0.05) is 24.4 Å². The molecule has 1 aliphatic carbocycles. The fourth-order valence-corrected chi connectivity index (χ4v) is 5.64. The lowest BCUT2D eigenvalue weighted by atomic mass is 9.83. The van der Waals surface area contributed by atoms with Crippen LogP contribution in [0.15, 0.2) is 0 Å². The molecule has 2 aliphatic heterocycles. The molecule has 1 N–H and O–H groups in total. The topological polar surface area (TPSA) is 15.3 Å². The van der Waals surface area contributed by atoms with E-state index in [1.54, 1.807) is 0 Å². The van der Waals surface area contributed by atoms with Gasteiger partial charge in [-0.3, -0.25) is 0 Å². The van der Waals surface area contributed by atoms with Crippen LogP contribution in [0, 0.1) is 5.92 Å². The Hall–Kier alpha value is 0.270. The fraction of sp³-hybridized carbons (Fsp3) is 1.00. The summed E-state index contributed by atoms with van der Waals surface area (Å²) < 4.78 is 0. The molecule has 3 aliphatic rings. The van der Waals surface area contributed by atoms with Gasteiger partial charge in [-0.1, -0.05) is 25.7 Å². The van der Waals surface area contributed by atoms with Gasteiger partial charge in [-0.05, 0) is 56.9 Å². The van der Waals surface area contributed by atoms with Crippen LogP contribution in [-0.4, -0.2) is 48.1 Å². The lowest BCUT2D eigenvalue weighted by molar-refractivity contribution is 0.205. The average molecular weight is 297 g/mol. The van der Waals surface area contributed by atoms with Crippen molar-refractivity contribution in [1.82, 2.24) is 10.2 Å². The first-order valence-electron chi connectivity index (χ1n) is 8.99. The Labute approximate surface area is 129 Å². The van der Waals surface area contributed by atoms with Crippen LogP contribution in [0.2, 0.25) is 0 Å². The van der Waals surface area contributed by atoms with E-state index in [4.69, 9.17) is 0 Å². The maximum Gasteiger partial charge on any atom is 0.0223 e. The van der Waals surface area contributed by atoms with Crippen LogP contribution in [-0.2, 0) is 0 Å². The van der Waals surface area contributed by atoms with E-state index in [0.717, 1.165) is 17.2 Å². The highest BCUT2D eigenvalue weighted by molar-refractivity contribution is 7.99. The average Bonchev–Trinajstić information content (AvgIpc) is 2.75. The number of nitrogens with zero attached hydrogens (tertiary/aromatic N) is 1. The summed E-state index contributed by atoms with van der Waals surface area (Å²) in [6, 6.07) is 0.784. The highest BCUT2D eigenvalue weighted by atomic mass is 32.2. The molecule has 2 nitrogen and oxygen atoms in total. The van der Waals surface area contributed by atoms with Crippen LogP contribution in [0.5, 0.6) is 0 Å². The summed E-state index contributed by atoms with van der Waals surface area (Å²) in [5, 5.41) is 4.79. The van der Waals surface area contributed by atoms with Gasteiger partial charge in [0.1, 0.15) is 0 Å². The number of nitrogens with one attached hydrogen (secondary N) is 1. The van der Waals surface area contributed by atoms with Gasteiger partial charge in [-0.15, -0.1) is 0 Å². The first kappa shape index (κ1) is 15.2. The third kappa shape index (κ3) is 4.38. The minimum Gasteiger partial charge on any atom is -0.312 e. The lowest BCUT2D eigenvalue weighted by Crippen LogP contribution is -2.45. The first-order valence-corrected chi connectivity index (χ1v) is 10.0. The number of hydrogen-bond donors (Lipinski definition) is 1. The Morgan fingerprint density at radius 2 is 1.80 bits per heavy atom. The molecule has 0 radical (unpaired) electrons. The highest BCUT2D eigenvalue weighted by Crippen LogP contribution is 2.29. The standard InChI is InChI=1S/C17H32N2S/c1-2-7-15(8-3-1)17-14-19(11-6-10-18-17)13-16-9-4-5-12-20-16/h15-18H,1-14H2. The van der Waals surface area contributed by atoms with Crippen molar-refractivity contribution in [2.75, 3.05) is 31.9 Å². The van der Waals surface area contributed by atoms with E-state index in [-0.39, 0.29) is 0 Å². The van der Waals surface area contributed by atoms with E-state index in [2.05, 4.69) is 22.0 Å². The number of rotatable bonds is 3. The molecule has 2 unspecified atom stereocenters. The molecule has 0 aromatic heterocycles. The van der Waals surface area contributed by atoms with E-state index in [9.17, 15) is 0 Å². The molecule has 1 saturated carbocycles. The normalized spacial score (nSPS) is 34.8. The van der Waals surface area contributed by atoms with Crippen LogP contribution in [0.4, 0.5) is 0 Å². The van der Waals surface area contributed by atoms with Gasteiger partial charge >= 0.3 is 0 Å². The van der Waals surface area contributed by atoms with Crippen molar-refractivity contribution in [3.8, 4) is 0 Å². The van der Waals surface area contributed by atoms with Gasteiger partial charge in [0.2, 0.25) is 0 Å². The summed E-state index contributed by atoms with van der Waals surface area (Å²) in [5.74, 6) is 2.37. The molecule has 2 saturated heterocycles. The first-order chi connectivity index (χ1) is 9.92. The fourth-order valence-electron chi connectivity index (χ4n) is 4.28. The predicted octanol–water partition coefficient (Wildman–Crippen LogP) is 3.52. The molecule has 116 valence electrons. The third-order valence-corrected chi connectivity index (χ3v) is 6.85. The summed E-state index contributed by atoms with van der Waals surface area (Å²) in [7, 11) is 0. The van der Waals surface area contributed by atoms with E-state index >= 15 is 0 Å². The van der Waals surface area contributed by atoms with Crippen molar-refractivity contribution in [3.05, 3.63) is 0 Å². The maximum absolute atomic E-state index is 3.87. The zero-order valence-corrected chi connectivity index (χ0v) is 13.8. The van der Waals surface area contributed by atoms with Crippen LogP contribution in [0.1, 0.15) is 57.8 Å². The summed E-state index contributed by atoms with van der Waals surface area (Å²) >= 11 is 2.24. The number of thioether (sulfide) groups is 1. The van der Waals surface area contributed by atoms with Crippen molar-refractivity contribution in [1.29, 1.82) is 0 Å². The smallest absolute Gasteiger partial charge is 0.0223 e. The van der Waals surface area contributed by atoms with Crippen LogP contribution < -0.4 is 5.32 Å². The second kappa shape index (κ2) is 8.05. The zero-order valence-electron chi connectivity index (χ0n) is 13.0. The van der Waals surface area contributed by atoms with Gasteiger partial charge in [-0.25, -0.2) is 0 Å². The SMILES string of the molecule is C1CCC(C2CN(CC3CCCCS3)CCCN2)CC1. The van der Waals surface area contributed by atoms with Gasteiger partial charge in [-0.2, -0.15) is 11.8 Å². The van der Waals surface area contributed by atoms with Gasteiger partial charge in [0.25, 0.3) is 0 Å². The van der Waals surface area contributed by atoms with Crippen LogP contribution >= 0.6 is 11.8 Å². The summed E-state index contributed by atoms with van der Waals surface area (Å²) in [6.07, 6.45) is 13.1.